The first kappa shape index (κ1) is 19.9. The Hall–Kier alpha value is -2.37. The number of fused-ring (bicyclic) bond motifs is 1. The van der Waals surface area contributed by atoms with Gasteiger partial charge in [-0.15, -0.1) is 6.07 Å². The van der Waals surface area contributed by atoms with E-state index in [4.69, 9.17) is 9.15 Å². The van der Waals surface area contributed by atoms with Crippen molar-refractivity contribution in [3.63, 3.8) is 0 Å². The molecule has 0 saturated heterocycles. The van der Waals surface area contributed by atoms with E-state index in [-0.39, 0.29) is 28.2 Å². The Labute approximate surface area is 162 Å². The molecule has 0 saturated carbocycles. The fourth-order valence-electron chi connectivity index (χ4n) is 2.79. The van der Waals surface area contributed by atoms with Gasteiger partial charge in [0, 0.05) is 35.7 Å². The minimum atomic E-state index is -0.377. The summed E-state index contributed by atoms with van der Waals surface area (Å²) >= 11 is 0. The van der Waals surface area contributed by atoms with E-state index in [2.05, 4.69) is 13.0 Å². The molecule has 1 heterocycles. The summed E-state index contributed by atoms with van der Waals surface area (Å²) in [7, 11) is 0. The fourth-order valence-corrected chi connectivity index (χ4v) is 2.79. The van der Waals surface area contributed by atoms with Crippen LogP contribution in [0.15, 0.2) is 51.7 Å². The molecule has 0 amide bonds. The first-order valence-corrected chi connectivity index (χ1v) is 8.34. The Morgan fingerprint density at radius 3 is 2.58 bits per heavy atom. The van der Waals surface area contributed by atoms with Crippen LogP contribution >= 0.6 is 0 Å². The van der Waals surface area contributed by atoms with E-state index in [1.165, 1.54) is 6.92 Å². The Morgan fingerprint density at radius 1 is 1.19 bits per heavy atom. The predicted octanol–water partition coefficient (Wildman–Crippen LogP) is 4.53. The number of hydrogen-bond acceptors (Lipinski definition) is 4. The molecule has 0 spiro atoms. The summed E-state index contributed by atoms with van der Waals surface area (Å²) in [4.78, 5) is 24.1. The van der Waals surface area contributed by atoms with E-state index < -0.39 is 0 Å². The van der Waals surface area contributed by atoms with E-state index in [9.17, 15) is 9.59 Å². The molecule has 0 aliphatic carbocycles. The second-order valence-corrected chi connectivity index (χ2v) is 5.87. The van der Waals surface area contributed by atoms with Crippen molar-refractivity contribution in [1.29, 1.82) is 0 Å². The number of esters is 1. The van der Waals surface area contributed by atoms with Gasteiger partial charge in [0.1, 0.15) is 5.75 Å². The van der Waals surface area contributed by atoms with Crippen molar-refractivity contribution < 1.29 is 30.7 Å². The molecule has 0 aliphatic rings. The van der Waals surface area contributed by atoms with Gasteiger partial charge < -0.3 is 9.15 Å². The largest absolute Gasteiger partial charge is 0.519 e. The van der Waals surface area contributed by atoms with E-state index in [1.54, 1.807) is 42.5 Å². The maximum atomic E-state index is 13.0. The fraction of sp³-hybridized carbons (Fsp3) is 0.238. The van der Waals surface area contributed by atoms with Crippen LogP contribution in [0.4, 0.5) is 0 Å². The van der Waals surface area contributed by atoms with E-state index in [1.807, 2.05) is 0 Å². The number of unbranched alkanes of at least 4 members (excludes halogenated alkanes) is 1. The van der Waals surface area contributed by atoms with Crippen molar-refractivity contribution in [2.75, 3.05) is 0 Å². The second kappa shape index (κ2) is 8.83. The van der Waals surface area contributed by atoms with Crippen molar-refractivity contribution >= 4 is 16.9 Å². The van der Waals surface area contributed by atoms with E-state index >= 15 is 0 Å². The van der Waals surface area contributed by atoms with Crippen molar-refractivity contribution in [3.8, 4) is 16.9 Å². The maximum Gasteiger partial charge on any atom is 0.308 e. The summed E-state index contributed by atoms with van der Waals surface area (Å²) in [5, 5.41) is 0.540. The molecule has 0 bridgehead atoms. The van der Waals surface area contributed by atoms with Crippen LogP contribution < -0.4 is 10.2 Å². The van der Waals surface area contributed by atoms with Gasteiger partial charge in [-0.1, -0.05) is 25.5 Å². The van der Waals surface area contributed by atoms with Gasteiger partial charge in [-0.2, -0.15) is 18.2 Å². The number of rotatable bonds is 5. The van der Waals surface area contributed by atoms with Gasteiger partial charge in [0.2, 0.25) is 0 Å². The van der Waals surface area contributed by atoms with Gasteiger partial charge in [0.15, 0.2) is 5.43 Å². The number of aryl methyl sites for hydroxylation is 1. The molecule has 5 heteroatoms. The molecule has 1 aromatic heterocycles. The Kier molecular flexibility index (Phi) is 6.77. The SMILES string of the molecule is CCCCc1oc2c[c-]ccc2c(=O)c1-c1ccc(OC(C)=O)cc1.[Co]. The van der Waals surface area contributed by atoms with Crippen LogP contribution in [0.3, 0.4) is 0 Å². The summed E-state index contributed by atoms with van der Waals surface area (Å²) in [6.07, 6.45) is 2.63. The number of carbonyl (C=O) groups is 1. The van der Waals surface area contributed by atoms with Crippen molar-refractivity contribution in [1.82, 2.24) is 0 Å². The maximum absolute atomic E-state index is 13.0. The summed E-state index contributed by atoms with van der Waals surface area (Å²) in [6.45, 7) is 3.45. The summed E-state index contributed by atoms with van der Waals surface area (Å²) in [5.74, 6) is 0.753. The Bertz CT molecular complexity index is 958. The molecule has 2 aromatic carbocycles. The van der Waals surface area contributed by atoms with Crippen LogP contribution in [0.2, 0.25) is 0 Å². The first-order valence-electron chi connectivity index (χ1n) is 8.34. The molecule has 4 nitrogen and oxygen atoms in total. The normalized spacial score (nSPS) is 10.4. The second-order valence-electron chi connectivity index (χ2n) is 5.87. The molecule has 3 aromatic rings. The molecule has 26 heavy (non-hydrogen) atoms. The number of carbonyl (C=O) groups excluding carboxylic acids is 1. The molecule has 1 radical (unpaired) electrons. The smallest absolute Gasteiger partial charge is 0.308 e. The third-order valence-corrected chi connectivity index (χ3v) is 3.97. The summed E-state index contributed by atoms with van der Waals surface area (Å²) in [5.41, 5.74) is 1.83. The van der Waals surface area contributed by atoms with Gasteiger partial charge in [0.05, 0.1) is 11.3 Å². The van der Waals surface area contributed by atoms with Crippen molar-refractivity contribution in [2.45, 2.75) is 33.1 Å². The zero-order chi connectivity index (χ0) is 17.8. The van der Waals surface area contributed by atoms with Gasteiger partial charge in [-0.25, -0.2) is 0 Å². The molecular formula is C21H19CoO4-. The third kappa shape index (κ3) is 4.23. The molecule has 0 unspecified atom stereocenters. The molecule has 0 fully saturated rings. The Balaban J connectivity index is 0.00000243. The van der Waals surface area contributed by atoms with Crippen LogP contribution in [0.5, 0.6) is 5.75 Å². The first-order chi connectivity index (χ1) is 12.1. The average molecular weight is 394 g/mol. The number of hydrogen-bond donors (Lipinski definition) is 0. The summed E-state index contributed by atoms with van der Waals surface area (Å²) < 4.78 is 11.1. The quantitative estimate of drug-likeness (QED) is 0.363. The van der Waals surface area contributed by atoms with Crippen molar-refractivity contribution in [3.05, 3.63) is 64.5 Å². The predicted molar refractivity (Wildman–Crippen MR) is 96.7 cm³/mol. The number of benzene rings is 2. The van der Waals surface area contributed by atoms with Crippen LogP contribution in [0.1, 0.15) is 32.4 Å². The standard InChI is InChI=1S/C21H19O4.Co/c1-3-4-8-19-20(15-10-12-16(13-11-15)24-14(2)22)21(23)17-7-5-6-9-18(17)25-19;/h5,7,9-13H,3-4,8H2,1-2H3;/q-1;. The zero-order valence-electron chi connectivity index (χ0n) is 14.6. The number of ether oxygens (including phenoxy) is 1. The van der Waals surface area contributed by atoms with Crippen molar-refractivity contribution in [2.24, 2.45) is 0 Å². The average Bonchev–Trinajstić information content (AvgIpc) is 2.60. The summed E-state index contributed by atoms with van der Waals surface area (Å²) in [6, 6.07) is 15.0. The molecule has 3 rings (SSSR count). The molecule has 0 atom stereocenters. The van der Waals surface area contributed by atoms with Crippen LogP contribution in [0, 0.1) is 6.07 Å². The van der Waals surface area contributed by atoms with E-state index in [0.29, 0.717) is 34.5 Å². The van der Waals surface area contributed by atoms with Gasteiger partial charge in [0.25, 0.3) is 0 Å². The van der Waals surface area contributed by atoms with Crippen LogP contribution in [-0.2, 0) is 28.0 Å². The van der Waals surface area contributed by atoms with E-state index in [0.717, 1.165) is 18.4 Å². The van der Waals surface area contributed by atoms with Crippen LogP contribution in [0.25, 0.3) is 22.1 Å². The molecule has 137 valence electrons. The topological polar surface area (TPSA) is 56.5 Å². The van der Waals surface area contributed by atoms with Gasteiger partial charge in [-0.3, -0.25) is 9.59 Å². The third-order valence-electron chi connectivity index (χ3n) is 3.97. The monoisotopic (exact) mass is 394 g/mol. The van der Waals surface area contributed by atoms with Gasteiger partial charge >= 0.3 is 5.97 Å². The van der Waals surface area contributed by atoms with Crippen LogP contribution in [-0.4, -0.2) is 5.97 Å². The van der Waals surface area contributed by atoms with Gasteiger partial charge in [-0.05, 0) is 29.5 Å². The minimum Gasteiger partial charge on any atom is -0.519 e. The molecule has 0 aliphatic heterocycles. The minimum absolute atomic E-state index is 0. The zero-order valence-corrected chi connectivity index (χ0v) is 15.7. The molecular weight excluding hydrogens is 375 g/mol. The molecule has 0 N–H and O–H groups in total. The Morgan fingerprint density at radius 2 is 1.92 bits per heavy atom.